The molecule has 2 aromatic rings. The number of phenolic OH excluding ortho intramolecular Hbond substituents is 1. The summed E-state index contributed by atoms with van der Waals surface area (Å²) in [5, 5.41) is 14.2. The molecule has 0 fully saturated rings. The molecule has 1 aromatic heterocycles. The molecular weight excluding hydrogens is 284 g/mol. The molecule has 5 nitrogen and oxygen atoms in total. The fraction of sp³-hybridized carbons (Fsp3) is 0.333. The Balaban J connectivity index is 2.67. The van der Waals surface area contributed by atoms with E-state index in [1.165, 1.54) is 0 Å². The minimum absolute atomic E-state index is 0.227. The van der Waals surface area contributed by atoms with Crippen LogP contribution in [0.3, 0.4) is 0 Å². The van der Waals surface area contributed by atoms with Gasteiger partial charge in [-0.1, -0.05) is 18.3 Å². The van der Waals surface area contributed by atoms with E-state index in [4.69, 9.17) is 18.0 Å². The van der Waals surface area contributed by atoms with Crippen molar-refractivity contribution in [3.05, 3.63) is 35.0 Å². The number of benzene rings is 1. The molecule has 0 saturated heterocycles. The molecule has 0 bridgehead atoms. The Labute approximate surface area is 130 Å². The van der Waals surface area contributed by atoms with E-state index in [2.05, 4.69) is 10.00 Å². The number of rotatable bonds is 4. The van der Waals surface area contributed by atoms with Crippen LogP contribution in [0.15, 0.2) is 18.2 Å². The van der Waals surface area contributed by atoms with E-state index in [-0.39, 0.29) is 5.75 Å². The number of aromatic hydroxyl groups is 1. The van der Waals surface area contributed by atoms with Crippen molar-refractivity contribution in [3.63, 3.8) is 0 Å². The van der Waals surface area contributed by atoms with E-state index < -0.39 is 0 Å². The van der Waals surface area contributed by atoms with Crippen LogP contribution in [0.2, 0.25) is 0 Å². The lowest BCUT2D eigenvalue weighted by atomic mass is 10.1. The number of nitrogens with two attached hydrogens (primary N) is 1. The number of anilines is 2. The molecule has 0 unspecified atom stereocenters. The standard InChI is InChI=1S/C15H20N4OS/c1-5-19(12-8-11(20)7-6-9(12)2)15-13(14(16)21)10(3)17-18(15)4/h6-8,20H,5H2,1-4H3,(H2,16,21). The zero-order valence-corrected chi connectivity index (χ0v) is 13.5. The maximum absolute atomic E-state index is 9.78. The maximum Gasteiger partial charge on any atom is 0.141 e. The van der Waals surface area contributed by atoms with Gasteiger partial charge >= 0.3 is 0 Å². The van der Waals surface area contributed by atoms with Gasteiger partial charge in [-0.3, -0.25) is 4.68 Å². The lowest BCUT2D eigenvalue weighted by Gasteiger charge is -2.26. The molecule has 1 heterocycles. The van der Waals surface area contributed by atoms with E-state index in [0.29, 0.717) is 11.5 Å². The third kappa shape index (κ3) is 2.71. The highest BCUT2D eigenvalue weighted by molar-refractivity contribution is 7.80. The van der Waals surface area contributed by atoms with Gasteiger partial charge in [0.25, 0.3) is 0 Å². The van der Waals surface area contributed by atoms with Crippen molar-refractivity contribution in [3.8, 4) is 5.75 Å². The minimum atomic E-state index is 0.227. The summed E-state index contributed by atoms with van der Waals surface area (Å²) in [5.41, 5.74) is 9.42. The summed E-state index contributed by atoms with van der Waals surface area (Å²) in [6.07, 6.45) is 0. The predicted molar refractivity (Wildman–Crippen MR) is 89.4 cm³/mol. The Kier molecular flexibility index (Phi) is 4.18. The third-order valence-electron chi connectivity index (χ3n) is 3.49. The molecule has 1 aromatic carbocycles. The van der Waals surface area contributed by atoms with E-state index in [9.17, 15) is 5.11 Å². The summed E-state index contributed by atoms with van der Waals surface area (Å²) < 4.78 is 1.77. The highest BCUT2D eigenvalue weighted by atomic mass is 32.1. The molecule has 3 N–H and O–H groups in total. The van der Waals surface area contributed by atoms with E-state index in [1.807, 2.05) is 33.9 Å². The van der Waals surface area contributed by atoms with Gasteiger partial charge in [0.2, 0.25) is 0 Å². The highest BCUT2D eigenvalue weighted by Crippen LogP contribution is 2.33. The number of hydrogen-bond donors (Lipinski definition) is 2. The van der Waals surface area contributed by atoms with Gasteiger partial charge in [0.15, 0.2) is 0 Å². The zero-order valence-electron chi connectivity index (χ0n) is 12.7. The Bertz CT molecular complexity index is 693. The summed E-state index contributed by atoms with van der Waals surface area (Å²) in [7, 11) is 1.87. The van der Waals surface area contributed by atoms with Crippen LogP contribution in [-0.2, 0) is 7.05 Å². The van der Waals surface area contributed by atoms with Crippen LogP contribution in [0.1, 0.15) is 23.7 Å². The molecule has 0 saturated carbocycles. The average Bonchev–Trinajstić information content (AvgIpc) is 2.70. The van der Waals surface area contributed by atoms with Crippen LogP contribution in [-0.4, -0.2) is 26.4 Å². The number of nitrogens with zero attached hydrogens (tertiary/aromatic N) is 3. The van der Waals surface area contributed by atoms with E-state index >= 15 is 0 Å². The molecule has 21 heavy (non-hydrogen) atoms. The predicted octanol–water partition coefficient (Wildman–Crippen LogP) is 2.53. The first kappa shape index (κ1) is 15.3. The Hall–Kier alpha value is -2.08. The van der Waals surface area contributed by atoms with Gasteiger partial charge in [0, 0.05) is 25.3 Å². The van der Waals surface area contributed by atoms with Gasteiger partial charge in [-0.05, 0) is 32.4 Å². The van der Waals surface area contributed by atoms with Gasteiger partial charge in [-0.2, -0.15) is 5.10 Å². The average molecular weight is 304 g/mol. The molecule has 0 aliphatic heterocycles. The first-order valence-electron chi connectivity index (χ1n) is 6.77. The van der Waals surface area contributed by atoms with Crippen molar-refractivity contribution in [1.82, 2.24) is 9.78 Å². The van der Waals surface area contributed by atoms with E-state index in [1.54, 1.807) is 16.8 Å². The highest BCUT2D eigenvalue weighted by Gasteiger charge is 2.22. The third-order valence-corrected chi connectivity index (χ3v) is 3.70. The fourth-order valence-corrected chi connectivity index (χ4v) is 2.81. The number of phenols is 1. The van der Waals surface area contributed by atoms with Crippen molar-refractivity contribution < 1.29 is 5.11 Å². The minimum Gasteiger partial charge on any atom is -0.508 e. The molecule has 0 radical (unpaired) electrons. The maximum atomic E-state index is 9.78. The summed E-state index contributed by atoms with van der Waals surface area (Å²) in [6.45, 7) is 6.64. The van der Waals surface area contributed by atoms with Crippen molar-refractivity contribution in [1.29, 1.82) is 0 Å². The monoisotopic (exact) mass is 304 g/mol. The second kappa shape index (κ2) is 5.73. The van der Waals surface area contributed by atoms with Gasteiger partial charge < -0.3 is 15.7 Å². The summed E-state index contributed by atoms with van der Waals surface area (Å²) >= 11 is 5.17. The van der Waals surface area contributed by atoms with Crippen molar-refractivity contribution >= 4 is 28.7 Å². The number of thiocarbonyl (C=S) groups is 1. The Morgan fingerprint density at radius 3 is 2.67 bits per heavy atom. The lowest BCUT2D eigenvalue weighted by molar-refractivity contribution is 0.475. The van der Waals surface area contributed by atoms with E-state index in [0.717, 1.165) is 28.3 Å². The molecule has 0 aliphatic carbocycles. The van der Waals surface area contributed by atoms with Gasteiger partial charge in [-0.15, -0.1) is 0 Å². The number of aryl methyl sites for hydroxylation is 3. The topological polar surface area (TPSA) is 67.3 Å². The normalized spacial score (nSPS) is 10.7. The van der Waals surface area contributed by atoms with Crippen molar-refractivity contribution in [2.75, 3.05) is 11.4 Å². The lowest BCUT2D eigenvalue weighted by Crippen LogP contribution is -2.23. The molecule has 6 heteroatoms. The van der Waals surface area contributed by atoms with Crippen LogP contribution < -0.4 is 10.6 Å². The molecule has 0 atom stereocenters. The quantitative estimate of drug-likeness (QED) is 0.850. The van der Waals surface area contributed by atoms with Crippen LogP contribution in [0.25, 0.3) is 0 Å². The fourth-order valence-electron chi connectivity index (χ4n) is 2.57. The second-order valence-electron chi connectivity index (χ2n) is 4.99. The molecule has 0 amide bonds. The van der Waals surface area contributed by atoms with Crippen LogP contribution in [0.4, 0.5) is 11.5 Å². The SMILES string of the molecule is CCN(c1cc(O)ccc1C)c1c(C(N)=S)c(C)nn1C. The zero-order chi connectivity index (χ0) is 15.7. The smallest absolute Gasteiger partial charge is 0.141 e. The Morgan fingerprint density at radius 1 is 1.43 bits per heavy atom. The van der Waals surface area contributed by atoms with Crippen molar-refractivity contribution in [2.45, 2.75) is 20.8 Å². The van der Waals surface area contributed by atoms with Crippen LogP contribution in [0.5, 0.6) is 5.75 Å². The first-order valence-corrected chi connectivity index (χ1v) is 7.18. The Morgan fingerprint density at radius 2 is 2.10 bits per heavy atom. The molecule has 0 spiro atoms. The van der Waals surface area contributed by atoms with Gasteiger partial charge in [0.05, 0.1) is 11.3 Å². The number of hydrogen-bond acceptors (Lipinski definition) is 4. The first-order chi connectivity index (χ1) is 9.86. The second-order valence-corrected chi connectivity index (χ2v) is 5.43. The van der Waals surface area contributed by atoms with Gasteiger partial charge in [-0.25, -0.2) is 0 Å². The molecule has 112 valence electrons. The summed E-state index contributed by atoms with van der Waals surface area (Å²) in [4.78, 5) is 2.38. The van der Waals surface area contributed by atoms with Crippen molar-refractivity contribution in [2.24, 2.45) is 12.8 Å². The summed E-state index contributed by atoms with van der Waals surface area (Å²) in [5.74, 6) is 1.07. The van der Waals surface area contributed by atoms with Gasteiger partial charge in [0.1, 0.15) is 16.6 Å². The molecule has 2 rings (SSSR count). The van der Waals surface area contributed by atoms with Crippen LogP contribution >= 0.6 is 12.2 Å². The molecular formula is C15H20N4OS. The summed E-state index contributed by atoms with van der Waals surface area (Å²) in [6, 6.07) is 5.30. The van der Waals surface area contributed by atoms with Crippen LogP contribution in [0, 0.1) is 13.8 Å². The largest absolute Gasteiger partial charge is 0.508 e. The molecule has 0 aliphatic rings. The number of aromatic nitrogens is 2.